The minimum atomic E-state index is -3.63. The summed E-state index contributed by atoms with van der Waals surface area (Å²) in [6.45, 7) is 3.81. The maximum Gasteiger partial charge on any atom is 0.251 e. The molecule has 0 aromatic heterocycles. The lowest BCUT2D eigenvalue weighted by molar-refractivity contribution is 0.0954. The fraction of sp³-hybridized carbons (Fsp3) is 0.278. The Morgan fingerprint density at radius 1 is 1.04 bits per heavy atom. The van der Waals surface area contributed by atoms with Gasteiger partial charge >= 0.3 is 0 Å². The van der Waals surface area contributed by atoms with Crippen LogP contribution in [0.5, 0.6) is 0 Å². The number of hydrogen-bond acceptors (Lipinski definition) is 4. The summed E-state index contributed by atoms with van der Waals surface area (Å²) in [6, 6.07) is 11.7. The Balaban J connectivity index is 1.90. The van der Waals surface area contributed by atoms with Crippen LogP contribution in [0.2, 0.25) is 0 Å². The van der Waals surface area contributed by atoms with Gasteiger partial charge in [-0.25, -0.2) is 13.1 Å². The summed E-state index contributed by atoms with van der Waals surface area (Å²) in [5, 5.41) is 2.66. The Bertz CT molecular complexity index is 923. The molecule has 0 spiro atoms. The van der Waals surface area contributed by atoms with Gasteiger partial charge in [0.15, 0.2) is 0 Å². The van der Waals surface area contributed by atoms with Crippen LogP contribution in [0.4, 0.5) is 0 Å². The Labute approximate surface area is 156 Å². The van der Waals surface area contributed by atoms with Crippen molar-refractivity contribution in [3.8, 4) is 0 Å². The Kier molecular flexibility index (Phi) is 6.69. The summed E-state index contributed by atoms with van der Waals surface area (Å²) in [5.41, 5.74) is 1.96. The van der Waals surface area contributed by atoms with Gasteiger partial charge in [0.25, 0.3) is 5.91 Å². The van der Waals surface area contributed by atoms with Crippen molar-refractivity contribution in [1.29, 1.82) is 0 Å². The molecule has 0 aliphatic carbocycles. The van der Waals surface area contributed by atoms with Crippen LogP contribution in [0.3, 0.4) is 0 Å². The van der Waals surface area contributed by atoms with E-state index in [0.29, 0.717) is 16.0 Å². The summed E-state index contributed by atoms with van der Waals surface area (Å²) in [4.78, 5) is 12.9. The van der Waals surface area contributed by atoms with E-state index in [1.165, 1.54) is 0 Å². The quantitative estimate of drug-likeness (QED) is 0.700. The first-order valence-electron chi connectivity index (χ1n) is 7.99. The Hall–Kier alpha value is -2.03. The molecule has 0 saturated heterocycles. The lowest BCUT2D eigenvalue weighted by Crippen LogP contribution is -2.35. The molecule has 2 N–H and O–H groups in total. The number of hydrogen-bond donors (Lipinski definition) is 2. The van der Waals surface area contributed by atoms with Crippen LogP contribution in [0.1, 0.15) is 21.5 Å². The molecule has 1 atom stereocenters. The van der Waals surface area contributed by atoms with E-state index < -0.39 is 20.8 Å². The molecule has 0 saturated carbocycles. The molecular formula is C18H22N2O4S2. The van der Waals surface area contributed by atoms with Gasteiger partial charge in [-0.15, -0.1) is 0 Å². The van der Waals surface area contributed by atoms with Gasteiger partial charge in [-0.1, -0.05) is 12.1 Å². The molecular weight excluding hydrogens is 372 g/mol. The molecule has 2 rings (SSSR count). The molecule has 6 nitrogen and oxygen atoms in total. The van der Waals surface area contributed by atoms with Crippen LogP contribution < -0.4 is 10.0 Å². The molecule has 2 aromatic carbocycles. The number of carbonyl (C=O) groups is 1. The van der Waals surface area contributed by atoms with E-state index in [0.717, 1.165) is 5.56 Å². The molecule has 0 aliphatic rings. The molecule has 0 heterocycles. The van der Waals surface area contributed by atoms with E-state index in [1.807, 2.05) is 13.0 Å². The van der Waals surface area contributed by atoms with Gasteiger partial charge in [0.1, 0.15) is 0 Å². The number of nitrogens with one attached hydrogen (secondary N) is 2. The van der Waals surface area contributed by atoms with E-state index >= 15 is 0 Å². The van der Waals surface area contributed by atoms with E-state index in [-0.39, 0.29) is 23.9 Å². The maximum absolute atomic E-state index is 12.4. The fourth-order valence-electron chi connectivity index (χ4n) is 2.34. The highest BCUT2D eigenvalue weighted by atomic mass is 32.2. The fourth-order valence-corrected chi connectivity index (χ4v) is 4.21. The number of aryl methyl sites for hydroxylation is 2. The zero-order valence-electron chi connectivity index (χ0n) is 14.9. The third kappa shape index (κ3) is 5.23. The molecule has 0 fully saturated rings. The van der Waals surface area contributed by atoms with Crippen molar-refractivity contribution in [1.82, 2.24) is 10.0 Å². The van der Waals surface area contributed by atoms with Gasteiger partial charge in [0, 0.05) is 40.6 Å². The zero-order chi connectivity index (χ0) is 19.3. The van der Waals surface area contributed by atoms with Gasteiger partial charge in [0.05, 0.1) is 4.90 Å². The van der Waals surface area contributed by atoms with Crippen molar-refractivity contribution < 1.29 is 17.4 Å². The Morgan fingerprint density at radius 2 is 1.69 bits per heavy atom. The molecule has 1 unspecified atom stereocenters. The standard InChI is InChI=1S/C18H22N2O4S2/c1-13-4-5-14(2)17(12-13)26(23,24)20-11-10-19-18(21)15-6-8-16(9-7-15)25(3)22/h4-9,12,20H,10-11H2,1-3H3,(H,19,21). The van der Waals surface area contributed by atoms with Crippen LogP contribution in [0.25, 0.3) is 0 Å². The van der Waals surface area contributed by atoms with Gasteiger partial charge in [0.2, 0.25) is 10.0 Å². The van der Waals surface area contributed by atoms with Gasteiger partial charge in [-0.2, -0.15) is 0 Å². The van der Waals surface area contributed by atoms with E-state index in [1.54, 1.807) is 49.6 Å². The topological polar surface area (TPSA) is 92.3 Å². The minimum Gasteiger partial charge on any atom is -0.351 e. The second-order valence-corrected chi connectivity index (χ2v) is 9.02. The highest BCUT2D eigenvalue weighted by molar-refractivity contribution is 7.89. The molecule has 0 bridgehead atoms. The molecule has 1 amide bonds. The molecule has 2 aromatic rings. The molecule has 0 radical (unpaired) electrons. The maximum atomic E-state index is 12.4. The van der Waals surface area contributed by atoms with Gasteiger partial charge in [-0.05, 0) is 55.3 Å². The average Bonchev–Trinajstić information content (AvgIpc) is 2.60. The highest BCUT2D eigenvalue weighted by Gasteiger charge is 2.16. The third-order valence-corrected chi connectivity index (χ3v) is 6.32. The van der Waals surface area contributed by atoms with Crippen molar-refractivity contribution >= 4 is 26.7 Å². The monoisotopic (exact) mass is 394 g/mol. The van der Waals surface area contributed by atoms with E-state index in [4.69, 9.17) is 0 Å². The second-order valence-electron chi connectivity index (χ2n) is 5.90. The summed E-state index contributed by atoms with van der Waals surface area (Å²) >= 11 is 0. The van der Waals surface area contributed by atoms with Crippen molar-refractivity contribution in [2.45, 2.75) is 23.6 Å². The normalized spacial score (nSPS) is 12.6. The van der Waals surface area contributed by atoms with Gasteiger partial charge in [-0.3, -0.25) is 9.00 Å². The summed E-state index contributed by atoms with van der Waals surface area (Å²) < 4.78 is 38.6. The number of rotatable bonds is 7. The first-order chi connectivity index (χ1) is 12.2. The van der Waals surface area contributed by atoms with Crippen molar-refractivity contribution in [3.63, 3.8) is 0 Å². The largest absolute Gasteiger partial charge is 0.351 e. The zero-order valence-corrected chi connectivity index (χ0v) is 16.5. The van der Waals surface area contributed by atoms with Crippen LogP contribution in [-0.2, 0) is 20.8 Å². The SMILES string of the molecule is Cc1ccc(C)c(S(=O)(=O)NCCNC(=O)c2ccc(S(C)=O)cc2)c1. The molecule has 8 heteroatoms. The van der Waals surface area contributed by atoms with E-state index in [9.17, 15) is 17.4 Å². The number of benzene rings is 2. The van der Waals surface area contributed by atoms with Crippen molar-refractivity contribution in [2.24, 2.45) is 0 Å². The van der Waals surface area contributed by atoms with Crippen LogP contribution >= 0.6 is 0 Å². The van der Waals surface area contributed by atoms with Crippen LogP contribution in [-0.4, -0.2) is 37.9 Å². The molecule has 0 aliphatic heterocycles. The minimum absolute atomic E-state index is 0.0819. The van der Waals surface area contributed by atoms with Gasteiger partial charge < -0.3 is 5.32 Å². The lowest BCUT2D eigenvalue weighted by atomic mass is 10.2. The summed E-state index contributed by atoms with van der Waals surface area (Å²) in [6.07, 6.45) is 1.57. The molecule has 26 heavy (non-hydrogen) atoms. The first kappa shape index (κ1) is 20.3. The highest BCUT2D eigenvalue weighted by Crippen LogP contribution is 2.16. The summed E-state index contributed by atoms with van der Waals surface area (Å²) in [5.74, 6) is -0.315. The average molecular weight is 395 g/mol. The van der Waals surface area contributed by atoms with Crippen molar-refractivity contribution in [2.75, 3.05) is 19.3 Å². The predicted molar refractivity (Wildman–Crippen MR) is 102 cm³/mol. The first-order valence-corrected chi connectivity index (χ1v) is 11.0. The van der Waals surface area contributed by atoms with E-state index in [2.05, 4.69) is 10.0 Å². The third-order valence-electron chi connectivity index (χ3n) is 3.78. The smallest absolute Gasteiger partial charge is 0.251 e. The van der Waals surface area contributed by atoms with Crippen molar-refractivity contribution in [3.05, 3.63) is 59.2 Å². The second kappa shape index (κ2) is 8.57. The molecule has 140 valence electrons. The number of carbonyl (C=O) groups excluding carboxylic acids is 1. The summed E-state index contributed by atoms with van der Waals surface area (Å²) in [7, 11) is -4.72. The van der Waals surface area contributed by atoms with Crippen LogP contribution in [0, 0.1) is 13.8 Å². The predicted octanol–water partition coefficient (Wildman–Crippen LogP) is 1.75. The lowest BCUT2D eigenvalue weighted by Gasteiger charge is -2.11. The van der Waals surface area contributed by atoms with Crippen LogP contribution in [0.15, 0.2) is 52.3 Å². The Morgan fingerprint density at radius 3 is 2.31 bits per heavy atom. The number of amides is 1. The number of sulfonamides is 1.